The number of fused-ring (bicyclic) bond motifs is 1. The van der Waals surface area contributed by atoms with E-state index in [1.807, 2.05) is 13.8 Å². The molecule has 2 aliphatic rings. The van der Waals surface area contributed by atoms with Crippen LogP contribution in [0.25, 0.3) is 0 Å². The van der Waals surface area contributed by atoms with E-state index in [-0.39, 0.29) is 5.60 Å². The lowest BCUT2D eigenvalue weighted by Gasteiger charge is -2.28. The molecule has 0 aliphatic carbocycles. The van der Waals surface area contributed by atoms with E-state index in [0.29, 0.717) is 0 Å². The van der Waals surface area contributed by atoms with E-state index in [1.165, 1.54) is 24.0 Å². The molecule has 2 aliphatic heterocycles. The van der Waals surface area contributed by atoms with Crippen LogP contribution in [0.3, 0.4) is 0 Å². The van der Waals surface area contributed by atoms with Crippen molar-refractivity contribution in [3.63, 3.8) is 0 Å². The number of rotatable bonds is 6. The second-order valence-electron chi connectivity index (χ2n) is 6.79. The highest BCUT2D eigenvalue weighted by molar-refractivity contribution is 5.42. The molecule has 1 fully saturated rings. The van der Waals surface area contributed by atoms with Gasteiger partial charge in [-0.05, 0) is 30.0 Å². The minimum atomic E-state index is 0.0589. The lowest BCUT2D eigenvalue weighted by Crippen LogP contribution is -2.35. The molecule has 24 heavy (non-hydrogen) atoms. The minimum Gasteiger partial charge on any atom is -0.487 e. The summed E-state index contributed by atoms with van der Waals surface area (Å²) in [7, 11) is 0. The summed E-state index contributed by atoms with van der Waals surface area (Å²) in [5.41, 5.74) is 2.82. The first-order valence-electron chi connectivity index (χ1n) is 9.85. The number of benzene rings is 1. The van der Waals surface area contributed by atoms with Crippen LogP contribution in [0.5, 0.6) is 5.75 Å². The maximum atomic E-state index is 6.46. The molecule has 1 saturated heterocycles. The normalized spacial score (nSPS) is 19.2. The molecule has 0 aromatic heterocycles. The van der Waals surface area contributed by atoms with Crippen LogP contribution in [0.15, 0.2) is 18.2 Å². The summed E-state index contributed by atoms with van der Waals surface area (Å²) in [5.74, 6) is 1.13. The zero-order chi connectivity index (χ0) is 17.4. The fraction of sp³-hybridized carbons (Fsp3) is 0.714. The first-order valence-corrected chi connectivity index (χ1v) is 9.85. The molecular weight excluding hydrogens is 298 g/mol. The Bertz CT molecular complexity index is 489. The maximum Gasteiger partial charge on any atom is 0.123 e. The molecule has 0 N–H and O–H groups in total. The second-order valence-corrected chi connectivity index (χ2v) is 6.79. The van der Waals surface area contributed by atoms with E-state index in [9.17, 15) is 0 Å². The summed E-state index contributed by atoms with van der Waals surface area (Å²) >= 11 is 0. The van der Waals surface area contributed by atoms with E-state index in [4.69, 9.17) is 9.47 Å². The summed E-state index contributed by atoms with van der Waals surface area (Å²) in [5, 5.41) is 0. The van der Waals surface area contributed by atoms with Crippen LogP contribution in [0, 0.1) is 0 Å². The van der Waals surface area contributed by atoms with Crippen LogP contribution in [-0.2, 0) is 17.7 Å². The summed E-state index contributed by atoms with van der Waals surface area (Å²) < 4.78 is 11.9. The van der Waals surface area contributed by atoms with Gasteiger partial charge in [0, 0.05) is 26.1 Å². The first-order chi connectivity index (χ1) is 11.7. The van der Waals surface area contributed by atoms with Gasteiger partial charge in [0.1, 0.15) is 11.4 Å². The number of hydrogen-bond donors (Lipinski definition) is 0. The molecule has 0 radical (unpaired) electrons. The van der Waals surface area contributed by atoms with Crippen molar-refractivity contribution in [3.05, 3.63) is 29.3 Å². The third-order valence-corrected chi connectivity index (χ3v) is 4.89. The molecule has 0 unspecified atom stereocenters. The molecule has 0 saturated carbocycles. The lowest BCUT2D eigenvalue weighted by molar-refractivity contribution is 0.0341. The van der Waals surface area contributed by atoms with E-state index in [2.05, 4.69) is 36.9 Å². The molecule has 3 nitrogen and oxygen atoms in total. The van der Waals surface area contributed by atoms with E-state index in [0.717, 1.165) is 57.9 Å². The monoisotopic (exact) mass is 333 g/mol. The van der Waals surface area contributed by atoms with Crippen molar-refractivity contribution in [1.29, 1.82) is 0 Å². The smallest absolute Gasteiger partial charge is 0.123 e. The number of nitrogens with zero attached hydrogens (tertiary/aromatic N) is 1. The zero-order valence-corrected chi connectivity index (χ0v) is 16.1. The van der Waals surface area contributed by atoms with Crippen molar-refractivity contribution in [1.82, 2.24) is 4.90 Å². The van der Waals surface area contributed by atoms with Gasteiger partial charge in [-0.15, -0.1) is 0 Å². The highest BCUT2D eigenvalue weighted by Crippen LogP contribution is 2.41. The lowest BCUT2D eigenvalue weighted by atomic mass is 9.88. The van der Waals surface area contributed by atoms with Gasteiger partial charge in [0.2, 0.25) is 0 Å². The molecule has 2 heterocycles. The third kappa shape index (κ3) is 4.73. The maximum absolute atomic E-state index is 6.46. The predicted octanol–water partition coefficient (Wildman–Crippen LogP) is 4.82. The van der Waals surface area contributed by atoms with Crippen molar-refractivity contribution in [3.8, 4) is 5.75 Å². The van der Waals surface area contributed by atoms with Gasteiger partial charge in [-0.3, -0.25) is 4.90 Å². The zero-order valence-electron chi connectivity index (χ0n) is 16.1. The number of hydrogen-bond acceptors (Lipinski definition) is 3. The highest BCUT2D eigenvalue weighted by atomic mass is 16.5. The largest absolute Gasteiger partial charge is 0.487 e. The second kappa shape index (κ2) is 9.43. The third-order valence-electron chi connectivity index (χ3n) is 4.89. The van der Waals surface area contributed by atoms with Crippen LogP contribution in [0.2, 0.25) is 0 Å². The SMILES string of the molecule is CC.CCCC1(CCC)Cc2ccc(CN3CCOCC3)cc2O1. The molecule has 1 aromatic carbocycles. The number of morpholine rings is 1. The van der Waals surface area contributed by atoms with Crippen molar-refractivity contribution < 1.29 is 9.47 Å². The average Bonchev–Trinajstić information content (AvgIpc) is 2.95. The van der Waals surface area contributed by atoms with Gasteiger partial charge in [0.25, 0.3) is 0 Å². The first kappa shape index (κ1) is 19.3. The van der Waals surface area contributed by atoms with Gasteiger partial charge in [0.05, 0.1) is 13.2 Å². The van der Waals surface area contributed by atoms with E-state index >= 15 is 0 Å². The Labute approximate surface area is 148 Å². The van der Waals surface area contributed by atoms with Gasteiger partial charge in [-0.25, -0.2) is 0 Å². The number of ether oxygens (including phenoxy) is 2. The van der Waals surface area contributed by atoms with Crippen LogP contribution >= 0.6 is 0 Å². The Morgan fingerprint density at radius 1 is 1.04 bits per heavy atom. The van der Waals surface area contributed by atoms with E-state index < -0.39 is 0 Å². The van der Waals surface area contributed by atoms with Crippen molar-refractivity contribution in [2.24, 2.45) is 0 Å². The van der Waals surface area contributed by atoms with Gasteiger partial charge >= 0.3 is 0 Å². The van der Waals surface area contributed by atoms with Gasteiger partial charge in [0.15, 0.2) is 0 Å². The fourth-order valence-corrected chi connectivity index (χ4v) is 3.89. The standard InChI is InChI=1S/C19H29NO2.C2H6/c1-3-7-19(8-4-2)14-17-6-5-16(13-18(17)22-19)15-20-9-11-21-12-10-20;1-2/h5-6,13H,3-4,7-12,14-15H2,1-2H3;1-2H3. The van der Waals surface area contributed by atoms with E-state index in [1.54, 1.807) is 0 Å². The Kier molecular flexibility index (Phi) is 7.57. The van der Waals surface area contributed by atoms with Crippen LogP contribution < -0.4 is 4.74 Å². The van der Waals surface area contributed by atoms with Gasteiger partial charge in [-0.1, -0.05) is 52.7 Å². The molecule has 3 rings (SSSR count). The summed E-state index contributed by atoms with van der Waals surface area (Å²) in [6, 6.07) is 6.85. The minimum absolute atomic E-state index is 0.0589. The molecule has 3 heteroatoms. The van der Waals surface area contributed by atoms with Crippen molar-refractivity contribution >= 4 is 0 Å². The highest BCUT2D eigenvalue weighted by Gasteiger charge is 2.37. The fourth-order valence-electron chi connectivity index (χ4n) is 3.89. The van der Waals surface area contributed by atoms with Crippen LogP contribution in [0.1, 0.15) is 64.5 Å². The molecule has 136 valence electrons. The molecule has 0 atom stereocenters. The van der Waals surface area contributed by atoms with Crippen LogP contribution in [-0.4, -0.2) is 36.8 Å². The Morgan fingerprint density at radius 3 is 2.33 bits per heavy atom. The molecular formula is C21H35NO2. The summed E-state index contributed by atoms with van der Waals surface area (Å²) in [6.45, 7) is 13.3. The average molecular weight is 334 g/mol. The summed E-state index contributed by atoms with van der Waals surface area (Å²) in [6.07, 6.45) is 5.79. The van der Waals surface area contributed by atoms with Crippen LogP contribution in [0.4, 0.5) is 0 Å². The molecule has 0 amide bonds. The summed E-state index contributed by atoms with van der Waals surface area (Å²) in [4.78, 5) is 2.46. The molecule has 0 spiro atoms. The van der Waals surface area contributed by atoms with Crippen molar-refractivity contribution in [2.45, 2.75) is 71.9 Å². The Morgan fingerprint density at radius 2 is 1.71 bits per heavy atom. The molecule has 1 aromatic rings. The quantitative estimate of drug-likeness (QED) is 0.745. The van der Waals surface area contributed by atoms with Crippen molar-refractivity contribution in [2.75, 3.05) is 26.3 Å². The molecule has 0 bridgehead atoms. The predicted molar refractivity (Wildman–Crippen MR) is 101 cm³/mol. The Balaban J connectivity index is 0.00000100. The Hall–Kier alpha value is -1.06. The van der Waals surface area contributed by atoms with Gasteiger partial charge < -0.3 is 9.47 Å². The topological polar surface area (TPSA) is 21.7 Å². The van der Waals surface area contributed by atoms with Gasteiger partial charge in [-0.2, -0.15) is 0 Å².